The van der Waals surface area contributed by atoms with Crippen molar-refractivity contribution >= 4 is 22.9 Å². The van der Waals surface area contributed by atoms with Crippen LogP contribution in [0.4, 0.5) is 4.39 Å². The van der Waals surface area contributed by atoms with E-state index < -0.39 is 5.82 Å². The van der Waals surface area contributed by atoms with Crippen LogP contribution in [0.25, 0.3) is 22.1 Å². The lowest BCUT2D eigenvalue weighted by molar-refractivity contribution is 0.629. The second-order valence-electron chi connectivity index (χ2n) is 4.41. The molecular weight excluding hydrogens is 297 g/mol. The molecule has 0 bridgehead atoms. The average Bonchev–Trinajstić information content (AvgIpc) is 2.95. The van der Waals surface area contributed by atoms with Crippen LogP contribution in [-0.4, -0.2) is 14.8 Å². The van der Waals surface area contributed by atoms with E-state index >= 15 is 0 Å². The molecule has 6 heteroatoms. The van der Waals surface area contributed by atoms with Crippen molar-refractivity contribution in [3.8, 4) is 22.1 Å². The Labute approximate surface area is 124 Å². The van der Waals surface area contributed by atoms with E-state index in [0.29, 0.717) is 16.7 Å². The summed E-state index contributed by atoms with van der Waals surface area (Å²) in [6.45, 7) is 2.01. The molecule has 3 nitrogen and oxygen atoms in total. The van der Waals surface area contributed by atoms with E-state index in [1.54, 1.807) is 35.2 Å². The van der Waals surface area contributed by atoms with Crippen LogP contribution in [0.15, 0.2) is 29.6 Å². The van der Waals surface area contributed by atoms with Gasteiger partial charge in [0.2, 0.25) is 0 Å². The van der Waals surface area contributed by atoms with Crippen LogP contribution in [0.1, 0.15) is 5.56 Å². The zero-order valence-electron chi connectivity index (χ0n) is 10.9. The van der Waals surface area contributed by atoms with Crippen molar-refractivity contribution in [1.29, 1.82) is 0 Å². The molecular formula is C14H11ClFN3S. The summed E-state index contributed by atoms with van der Waals surface area (Å²) in [6.07, 6.45) is 0. The quantitative estimate of drug-likeness (QED) is 0.706. The van der Waals surface area contributed by atoms with Gasteiger partial charge in [0.25, 0.3) is 0 Å². The average molecular weight is 308 g/mol. The van der Waals surface area contributed by atoms with Crippen LogP contribution >= 0.6 is 22.9 Å². The van der Waals surface area contributed by atoms with Crippen molar-refractivity contribution in [1.82, 2.24) is 14.8 Å². The summed E-state index contributed by atoms with van der Waals surface area (Å²) in [7, 11) is 1.79. The summed E-state index contributed by atoms with van der Waals surface area (Å²) in [5.41, 5.74) is 1.36. The number of aryl methyl sites for hydroxylation is 2. The van der Waals surface area contributed by atoms with Crippen LogP contribution < -0.4 is 0 Å². The Bertz CT molecular complexity index is 758. The van der Waals surface area contributed by atoms with E-state index in [9.17, 15) is 4.39 Å². The number of thiophene rings is 1. The maximum absolute atomic E-state index is 13.9. The third kappa shape index (κ3) is 2.13. The van der Waals surface area contributed by atoms with Gasteiger partial charge < -0.3 is 0 Å². The van der Waals surface area contributed by atoms with Gasteiger partial charge in [0.15, 0.2) is 11.6 Å². The molecule has 2 aromatic heterocycles. The first-order valence-electron chi connectivity index (χ1n) is 5.98. The lowest BCUT2D eigenvalue weighted by Crippen LogP contribution is -1.94. The van der Waals surface area contributed by atoms with Crippen LogP contribution in [-0.2, 0) is 7.05 Å². The van der Waals surface area contributed by atoms with Crippen LogP contribution in [0.3, 0.4) is 0 Å². The minimum absolute atomic E-state index is 0.241. The third-order valence-corrected chi connectivity index (χ3v) is 4.34. The van der Waals surface area contributed by atoms with Crippen molar-refractivity contribution in [2.24, 2.45) is 7.05 Å². The molecule has 0 radical (unpaired) electrons. The summed E-state index contributed by atoms with van der Waals surface area (Å²) in [5, 5.41) is 6.59. The fraction of sp³-hybridized carbons (Fsp3) is 0.143. The Morgan fingerprint density at radius 3 is 2.75 bits per heavy atom. The van der Waals surface area contributed by atoms with E-state index in [1.807, 2.05) is 18.4 Å². The van der Waals surface area contributed by atoms with Gasteiger partial charge in [-0.1, -0.05) is 17.7 Å². The molecule has 0 unspecified atom stereocenters. The second kappa shape index (κ2) is 5.00. The first-order valence-corrected chi connectivity index (χ1v) is 7.23. The summed E-state index contributed by atoms with van der Waals surface area (Å²) in [4.78, 5) is 5.47. The Kier molecular flexibility index (Phi) is 3.31. The second-order valence-corrected chi connectivity index (χ2v) is 5.74. The Morgan fingerprint density at radius 1 is 1.30 bits per heavy atom. The van der Waals surface area contributed by atoms with E-state index in [-0.39, 0.29) is 5.56 Å². The number of aromatic nitrogens is 3. The molecule has 20 heavy (non-hydrogen) atoms. The Balaban J connectivity index is 2.17. The van der Waals surface area contributed by atoms with Crippen molar-refractivity contribution in [2.45, 2.75) is 6.92 Å². The monoisotopic (exact) mass is 307 g/mol. The van der Waals surface area contributed by atoms with Gasteiger partial charge in [-0.3, -0.25) is 0 Å². The zero-order valence-corrected chi connectivity index (χ0v) is 12.5. The number of halogens is 2. The molecule has 0 N–H and O–H groups in total. The predicted octanol–water partition coefficient (Wildman–Crippen LogP) is 4.31. The summed E-state index contributed by atoms with van der Waals surface area (Å²) in [6, 6.07) is 6.57. The first kappa shape index (κ1) is 13.3. The highest BCUT2D eigenvalue weighted by Crippen LogP contribution is 2.32. The minimum Gasteiger partial charge on any atom is -0.248 e. The van der Waals surface area contributed by atoms with Gasteiger partial charge >= 0.3 is 0 Å². The summed E-state index contributed by atoms with van der Waals surface area (Å²) >= 11 is 7.64. The number of hydrogen-bond acceptors (Lipinski definition) is 3. The molecule has 2 heterocycles. The molecule has 1 aromatic carbocycles. The van der Waals surface area contributed by atoms with Crippen molar-refractivity contribution in [2.75, 3.05) is 0 Å². The van der Waals surface area contributed by atoms with Gasteiger partial charge in [-0.15, -0.1) is 11.3 Å². The van der Waals surface area contributed by atoms with Crippen molar-refractivity contribution in [3.05, 3.63) is 46.0 Å². The van der Waals surface area contributed by atoms with Gasteiger partial charge in [-0.2, -0.15) is 5.10 Å². The molecule has 0 amide bonds. The SMILES string of the molecule is Cc1ccsc1-c1nc(-c2c(F)cccc2Cl)nn1C. The molecule has 0 aliphatic carbocycles. The Hall–Kier alpha value is -1.72. The Morgan fingerprint density at radius 2 is 2.10 bits per heavy atom. The third-order valence-electron chi connectivity index (χ3n) is 3.01. The van der Waals surface area contributed by atoms with Gasteiger partial charge in [-0.25, -0.2) is 14.1 Å². The standard InChI is InChI=1S/C14H11ClFN3S/c1-8-6-7-20-12(8)14-17-13(18-19(14)2)11-9(15)4-3-5-10(11)16/h3-7H,1-2H3. The van der Waals surface area contributed by atoms with E-state index in [2.05, 4.69) is 10.1 Å². The largest absolute Gasteiger partial charge is 0.248 e. The van der Waals surface area contributed by atoms with Gasteiger partial charge in [-0.05, 0) is 36.1 Å². The molecule has 0 aliphatic heterocycles. The molecule has 0 saturated carbocycles. The predicted molar refractivity (Wildman–Crippen MR) is 79.5 cm³/mol. The van der Waals surface area contributed by atoms with E-state index in [0.717, 1.165) is 10.4 Å². The highest BCUT2D eigenvalue weighted by molar-refractivity contribution is 7.13. The van der Waals surface area contributed by atoms with Gasteiger partial charge in [0, 0.05) is 7.05 Å². The minimum atomic E-state index is -0.419. The topological polar surface area (TPSA) is 30.7 Å². The molecule has 3 rings (SSSR count). The zero-order chi connectivity index (χ0) is 14.3. The first-order chi connectivity index (χ1) is 9.58. The fourth-order valence-electron chi connectivity index (χ4n) is 2.00. The fourth-order valence-corrected chi connectivity index (χ4v) is 3.19. The maximum Gasteiger partial charge on any atom is 0.186 e. The highest BCUT2D eigenvalue weighted by Gasteiger charge is 2.18. The van der Waals surface area contributed by atoms with Gasteiger partial charge in [0.1, 0.15) is 5.82 Å². The van der Waals surface area contributed by atoms with Gasteiger partial charge in [0.05, 0.1) is 15.5 Å². The summed E-state index contributed by atoms with van der Waals surface area (Å²) < 4.78 is 15.6. The molecule has 0 aliphatic rings. The molecule has 102 valence electrons. The molecule has 3 aromatic rings. The molecule has 0 atom stereocenters. The lowest BCUT2D eigenvalue weighted by Gasteiger charge is -2.00. The maximum atomic E-state index is 13.9. The number of nitrogens with zero attached hydrogens (tertiary/aromatic N) is 3. The van der Waals surface area contributed by atoms with Crippen LogP contribution in [0, 0.1) is 12.7 Å². The van der Waals surface area contributed by atoms with E-state index in [1.165, 1.54) is 6.07 Å². The van der Waals surface area contributed by atoms with Crippen molar-refractivity contribution in [3.63, 3.8) is 0 Å². The number of benzene rings is 1. The van der Waals surface area contributed by atoms with Crippen molar-refractivity contribution < 1.29 is 4.39 Å². The van der Waals surface area contributed by atoms with Crippen LogP contribution in [0.2, 0.25) is 5.02 Å². The molecule has 0 saturated heterocycles. The normalized spacial score (nSPS) is 11.0. The van der Waals surface area contributed by atoms with E-state index in [4.69, 9.17) is 11.6 Å². The molecule has 0 fully saturated rings. The smallest absolute Gasteiger partial charge is 0.186 e. The number of rotatable bonds is 2. The highest BCUT2D eigenvalue weighted by atomic mass is 35.5. The molecule has 0 spiro atoms. The summed E-state index contributed by atoms with van der Waals surface area (Å²) in [5.74, 6) is 0.600. The van der Waals surface area contributed by atoms with Crippen LogP contribution in [0.5, 0.6) is 0 Å². The lowest BCUT2D eigenvalue weighted by atomic mass is 10.2. The number of hydrogen-bond donors (Lipinski definition) is 0.